The molecule has 1 aromatic heterocycles. The molecule has 1 atom stereocenters. The van der Waals surface area contributed by atoms with Crippen molar-refractivity contribution in [2.75, 3.05) is 13.2 Å². The number of aromatic amines is 1. The number of rotatable bonds is 6. The normalized spacial score (nSPS) is 15.9. The van der Waals surface area contributed by atoms with Gasteiger partial charge in [-0.25, -0.2) is 14.4 Å². The summed E-state index contributed by atoms with van der Waals surface area (Å²) in [7, 11) is 0. The van der Waals surface area contributed by atoms with Crippen LogP contribution in [0.5, 0.6) is 0 Å². The van der Waals surface area contributed by atoms with Crippen LogP contribution in [-0.2, 0) is 14.3 Å². The molecule has 0 fully saturated rings. The van der Waals surface area contributed by atoms with E-state index in [1.54, 1.807) is 25.3 Å². The maximum absolute atomic E-state index is 12.7. The van der Waals surface area contributed by atoms with E-state index in [9.17, 15) is 14.4 Å². The first-order chi connectivity index (χ1) is 15.1. The zero-order chi connectivity index (χ0) is 21.8. The molecule has 8 nitrogen and oxygen atoms in total. The van der Waals surface area contributed by atoms with Gasteiger partial charge in [0.2, 0.25) is 0 Å². The number of aromatic nitrogens is 1. The molecule has 1 unspecified atom stereocenters. The fourth-order valence-corrected chi connectivity index (χ4v) is 3.53. The maximum Gasteiger partial charge on any atom is 0.340 e. The van der Waals surface area contributed by atoms with E-state index >= 15 is 0 Å². The van der Waals surface area contributed by atoms with Gasteiger partial charge >= 0.3 is 18.0 Å². The molecular formula is C23H21N3O5. The molecule has 0 bridgehead atoms. The molecule has 0 saturated carbocycles. The number of hydrogen-bond donors (Lipinski definition) is 3. The summed E-state index contributed by atoms with van der Waals surface area (Å²) in [6.45, 7) is 1.57. The zero-order valence-corrected chi connectivity index (χ0v) is 16.8. The first-order valence-corrected chi connectivity index (χ1v) is 9.84. The van der Waals surface area contributed by atoms with Crippen molar-refractivity contribution in [2.24, 2.45) is 0 Å². The molecular weight excluding hydrogens is 398 g/mol. The lowest BCUT2D eigenvalue weighted by atomic mass is 9.95. The monoisotopic (exact) mass is 419 g/mol. The summed E-state index contributed by atoms with van der Waals surface area (Å²) >= 11 is 0. The van der Waals surface area contributed by atoms with Crippen molar-refractivity contribution >= 4 is 28.9 Å². The summed E-state index contributed by atoms with van der Waals surface area (Å²) in [6, 6.07) is 15.2. The van der Waals surface area contributed by atoms with Gasteiger partial charge in [0.25, 0.3) is 0 Å². The maximum atomic E-state index is 12.7. The van der Waals surface area contributed by atoms with Crippen molar-refractivity contribution < 1.29 is 23.9 Å². The molecule has 3 aromatic rings. The topological polar surface area (TPSA) is 110 Å². The van der Waals surface area contributed by atoms with Gasteiger partial charge in [-0.1, -0.05) is 48.5 Å². The number of ether oxygens (including phenoxy) is 2. The second-order valence-electron chi connectivity index (χ2n) is 6.88. The second kappa shape index (κ2) is 8.74. The highest BCUT2D eigenvalue weighted by atomic mass is 16.5. The molecule has 0 saturated heterocycles. The number of esters is 2. The van der Waals surface area contributed by atoms with Gasteiger partial charge in [-0.05, 0) is 18.6 Å². The fourth-order valence-electron chi connectivity index (χ4n) is 3.53. The number of hydrogen-bond acceptors (Lipinski definition) is 5. The van der Waals surface area contributed by atoms with E-state index in [4.69, 9.17) is 9.47 Å². The molecule has 3 N–H and O–H groups in total. The van der Waals surface area contributed by atoms with E-state index in [-0.39, 0.29) is 24.5 Å². The number of benzene rings is 2. The standard InChI is InChI=1S/C23H21N3O5/c1-2-30-22(28)19-18(25-23(29)26-20(19)14-8-4-3-5-9-14)13-31-21(27)16-12-24-17-11-7-6-10-15(16)17/h3-12,20,24H,2,13H2,1H3,(H2,25,26,29). The highest BCUT2D eigenvalue weighted by molar-refractivity contribution is 6.04. The first-order valence-electron chi connectivity index (χ1n) is 9.84. The van der Waals surface area contributed by atoms with Gasteiger partial charge in [-0.3, -0.25) is 0 Å². The van der Waals surface area contributed by atoms with Gasteiger partial charge < -0.3 is 25.1 Å². The van der Waals surface area contributed by atoms with Crippen LogP contribution in [0.1, 0.15) is 28.9 Å². The molecule has 1 aliphatic rings. The molecule has 0 aliphatic carbocycles. The molecule has 0 spiro atoms. The van der Waals surface area contributed by atoms with Gasteiger partial charge in [-0.2, -0.15) is 0 Å². The van der Waals surface area contributed by atoms with Crippen LogP contribution in [0.15, 0.2) is 72.1 Å². The van der Waals surface area contributed by atoms with Crippen LogP contribution >= 0.6 is 0 Å². The van der Waals surface area contributed by atoms with Crippen LogP contribution in [0.3, 0.4) is 0 Å². The molecule has 2 amide bonds. The van der Waals surface area contributed by atoms with Gasteiger partial charge in [0.15, 0.2) is 0 Å². The Morgan fingerprint density at radius 3 is 2.48 bits per heavy atom. The lowest BCUT2D eigenvalue weighted by molar-refractivity contribution is -0.139. The Balaban J connectivity index is 1.64. The predicted octanol–water partition coefficient (Wildman–Crippen LogP) is 3.20. The number of H-pyrrole nitrogens is 1. The quantitative estimate of drug-likeness (QED) is 0.532. The molecule has 2 aromatic carbocycles. The van der Waals surface area contributed by atoms with Crippen molar-refractivity contribution in [3.05, 3.63) is 83.2 Å². The van der Waals surface area contributed by atoms with Gasteiger partial charge in [0.1, 0.15) is 6.61 Å². The Bertz CT molecular complexity index is 1170. The second-order valence-corrected chi connectivity index (χ2v) is 6.88. The minimum absolute atomic E-state index is 0.167. The molecule has 0 radical (unpaired) electrons. The van der Waals surface area contributed by atoms with Gasteiger partial charge in [0, 0.05) is 17.1 Å². The summed E-state index contributed by atoms with van der Waals surface area (Å²) < 4.78 is 10.7. The largest absolute Gasteiger partial charge is 0.463 e. The van der Waals surface area contributed by atoms with E-state index in [0.717, 1.165) is 10.9 Å². The predicted molar refractivity (Wildman–Crippen MR) is 113 cm³/mol. The minimum atomic E-state index is -0.726. The average Bonchev–Trinajstić information content (AvgIpc) is 3.22. The number of carbonyl (C=O) groups excluding carboxylic acids is 3. The third-order valence-corrected chi connectivity index (χ3v) is 4.94. The molecule has 2 heterocycles. The number of nitrogens with one attached hydrogen (secondary N) is 3. The van der Waals surface area contributed by atoms with E-state index in [1.165, 1.54) is 0 Å². The van der Waals surface area contributed by atoms with Crippen LogP contribution in [0, 0.1) is 0 Å². The van der Waals surface area contributed by atoms with E-state index < -0.39 is 24.0 Å². The van der Waals surface area contributed by atoms with Crippen LogP contribution in [-0.4, -0.2) is 36.2 Å². The Morgan fingerprint density at radius 1 is 0.968 bits per heavy atom. The highest BCUT2D eigenvalue weighted by Crippen LogP contribution is 2.28. The van der Waals surface area contributed by atoms with Crippen molar-refractivity contribution in [1.29, 1.82) is 0 Å². The Labute approximate surface area is 178 Å². The van der Waals surface area contributed by atoms with Crippen molar-refractivity contribution in [3.63, 3.8) is 0 Å². The number of urea groups is 1. The number of fused-ring (bicyclic) bond motifs is 1. The third kappa shape index (κ3) is 4.13. The summed E-state index contributed by atoms with van der Waals surface area (Å²) in [6.07, 6.45) is 1.57. The Kier molecular flexibility index (Phi) is 5.70. The smallest absolute Gasteiger partial charge is 0.340 e. The van der Waals surface area contributed by atoms with Crippen molar-refractivity contribution in [3.8, 4) is 0 Å². The highest BCUT2D eigenvalue weighted by Gasteiger charge is 2.34. The molecule has 8 heteroatoms. The lowest BCUT2D eigenvalue weighted by Gasteiger charge is -2.29. The fraction of sp³-hybridized carbons (Fsp3) is 0.174. The van der Waals surface area contributed by atoms with E-state index in [1.807, 2.05) is 42.5 Å². The summed E-state index contributed by atoms with van der Waals surface area (Å²) in [5.74, 6) is -1.17. The third-order valence-electron chi connectivity index (χ3n) is 4.94. The molecule has 4 rings (SSSR count). The molecule has 31 heavy (non-hydrogen) atoms. The molecule has 158 valence electrons. The Morgan fingerprint density at radius 2 is 1.71 bits per heavy atom. The van der Waals surface area contributed by atoms with Gasteiger partial charge in [0.05, 0.1) is 29.5 Å². The van der Waals surface area contributed by atoms with Crippen LogP contribution in [0.2, 0.25) is 0 Å². The summed E-state index contributed by atoms with van der Waals surface area (Å²) in [4.78, 5) is 40.7. The first kappa shape index (κ1) is 20.2. The van der Waals surface area contributed by atoms with Crippen molar-refractivity contribution in [1.82, 2.24) is 15.6 Å². The summed E-state index contributed by atoms with van der Waals surface area (Å²) in [5.41, 5.74) is 2.26. The van der Waals surface area contributed by atoms with Crippen LogP contribution < -0.4 is 10.6 Å². The van der Waals surface area contributed by atoms with Crippen LogP contribution in [0.4, 0.5) is 4.79 Å². The SMILES string of the molecule is CCOC(=O)C1=C(COC(=O)c2c[nH]c3ccccc23)NC(=O)NC1c1ccccc1. The molecule has 1 aliphatic heterocycles. The lowest BCUT2D eigenvalue weighted by Crippen LogP contribution is -2.47. The minimum Gasteiger partial charge on any atom is -0.463 e. The Hall–Kier alpha value is -4.07. The summed E-state index contributed by atoms with van der Waals surface area (Å²) in [5, 5.41) is 6.05. The number of para-hydroxylation sites is 1. The average molecular weight is 419 g/mol. The zero-order valence-electron chi connectivity index (χ0n) is 16.8. The van der Waals surface area contributed by atoms with E-state index in [0.29, 0.717) is 11.1 Å². The van der Waals surface area contributed by atoms with Crippen molar-refractivity contribution in [2.45, 2.75) is 13.0 Å². The van der Waals surface area contributed by atoms with E-state index in [2.05, 4.69) is 15.6 Å². The number of amides is 2. The van der Waals surface area contributed by atoms with Gasteiger partial charge in [-0.15, -0.1) is 0 Å². The van der Waals surface area contributed by atoms with Crippen LogP contribution in [0.25, 0.3) is 10.9 Å². The number of carbonyl (C=O) groups is 3.